The van der Waals surface area contributed by atoms with Crippen molar-refractivity contribution in [3.63, 3.8) is 0 Å². The predicted molar refractivity (Wildman–Crippen MR) is 113 cm³/mol. The molecule has 2 aliphatic carbocycles. The quantitative estimate of drug-likeness (QED) is 0.540. The molecule has 0 aromatic heterocycles. The van der Waals surface area contributed by atoms with Crippen LogP contribution in [0.4, 0.5) is 0 Å². The Hall–Kier alpha value is -0.360. The molecule has 3 fully saturated rings. The smallest absolute Gasteiger partial charge is 0.207 e. The molecule has 3 rings (SSSR count). The number of nitrogens with zero attached hydrogens (tertiary/aromatic N) is 1. The molecule has 6 heteroatoms. The van der Waals surface area contributed by atoms with Crippen molar-refractivity contribution < 1.29 is 14.6 Å². The largest absolute Gasteiger partial charge is 0.660 e. The molecule has 1 heterocycles. The van der Waals surface area contributed by atoms with E-state index in [-0.39, 0.29) is 45.9 Å². The summed E-state index contributed by atoms with van der Waals surface area (Å²) in [6.07, 6.45) is 6.12. The van der Waals surface area contributed by atoms with E-state index in [1.54, 1.807) is 0 Å². The number of ether oxygens (including phenoxy) is 1. The molecule has 1 aliphatic heterocycles. The van der Waals surface area contributed by atoms with E-state index in [9.17, 15) is 9.90 Å². The minimum atomic E-state index is -0.830. The lowest BCUT2D eigenvalue weighted by atomic mass is 9.50. The Morgan fingerprint density at radius 1 is 1.07 bits per heavy atom. The topological polar surface area (TPSA) is 72.7 Å². The first-order valence-corrected chi connectivity index (χ1v) is 11.2. The van der Waals surface area contributed by atoms with Gasteiger partial charge in [-0.15, -0.1) is 17.6 Å². The second kappa shape index (κ2) is 7.40. The number of hydrogen-bond donors (Lipinski definition) is 2. The highest BCUT2D eigenvalue weighted by molar-refractivity contribution is 6.21. The summed E-state index contributed by atoms with van der Waals surface area (Å²) in [5.74, 6) is 0.693. The average Bonchev–Trinajstić information content (AvgIpc) is 2.57. The number of alkyl halides is 1. The Labute approximate surface area is 175 Å². The van der Waals surface area contributed by atoms with Gasteiger partial charge in [0, 0.05) is 11.1 Å². The van der Waals surface area contributed by atoms with Crippen LogP contribution in [-0.4, -0.2) is 52.3 Å². The van der Waals surface area contributed by atoms with Gasteiger partial charge in [0.05, 0.1) is 16.6 Å². The van der Waals surface area contributed by atoms with E-state index >= 15 is 0 Å². The minimum Gasteiger partial charge on any atom is -0.660 e. The Morgan fingerprint density at radius 3 is 2.29 bits per heavy atom. The Balaban J connectivity index is 2.00. The van der Waals surface area contributed by atoms with Crippen molar-refractivity contribution in [3.8, 4) is 0 Å². The van der Waals surface area contributed by atoms with Gasteiger partial charge in [0.25, 0.3) is 0 Å². The number of rotatable bonds is 4. The number of amides is 1. The number of halogens is 1. The van der Waals surface area contributed by atoms with E-state index in [0.717, 1.165) is 38.5 Å². The first-order chi connectivity index (χ1) is 12.9. The molecule has 1 amide bonds. The normalized spacial score (nSPS) is 51.2. The molecular formula is C22H38ClN2O3-. The summed E-state index contributed by atoms with van der Waals surface area (Å²) in [5.41, 5.74) is -1.79. The predicted octanol–water partition coefficient (Wildman–Crippen LogP) is 4.01. The van der Waals surface area contributed by atoms with E-state index in [4.69, 9.17) is 21.7 Å². The van der Waals surface area contributed by atoms with E-state index in [1.807, 2.05) is 14.0 Å². The average molecular weight is 414 g/mol. The van der Waals surface area contributed by atoms with Gasteiger partial charge in [0.2, 0.25) is 6.41 Å². The lowest BCUT2D eigenvalue weighted by Crippen LogP contribution is -2.67. The number of aliphatic hydroxyl groups is 1. The summed E-state index contributed by atoms with van der Waals surface area (Å²) in [5, 5.41) is 19.0. The fourth-order valence-electron chi connectivity index (χ4n) is 6.71. The SMILES string of the molecule is C[N-]C1C2C(CCC1(C)O)C(C)(NC=O)CCC2C1(C)CCC(Cl)C(C)(C)O1. The van der Waals surface area contributed by atoms with Gasteiger partial charge in [0.15, 0.2) is 0 Å². The molecule has 0 bridgehead atoms. The number of nitrogens with one attached hydrogen (secondary N) is 1. The third-order valence-electron chi connectivity index (χ3n) is 8.28. The Bertz CT molecular complexity index is 598. The van der Waals surface area contributed by atoms with Gasteiger partial charge in [-0.25, -0.2) is 0 Å². The number of carbonyl (C=O) groups excluding carboxylic acids is 1. The van der Waals surface area contributed by atoms with Crippen LogP contribution in [0.5, 0.6) is 0 Å². The van der Waals surface area contributed by atoms with Gasteiger partial charge in [-0.3, -0.25) is 4.79 Å². The maximum atomic E-state index is 11.4. The summed E-state index contributed by atoms with van der Waals surface area (Å²) >= 11 is 6.57. The molecule has 0 spiro atoms. The first kappa shape index (κ1) is 22.3. The van der Waals surface area contributed by atoms with Gasteiger partial charge >= 0.3 is 0 Å². The zero-order valence-electron chi connectivity index (χ0n) is 18.3. The lowest BCUT2D eigenvalue weighted by molar-refractivity contribution is -0.220. The van der Waals surface area contributed by atoms with Crippen LogP contribution in [0, 0.1) is 17.8 Å². The summed E-state index contributed by atoms with van der Waals surface area (Å²) in [6.45, 7) is 10.5. The summed E-state index contributed by atoms with van der Waals surface area (Å²) in [7, 11) is 1.82. The van der Waals surface area contributed by atoms with Crippen molar-refractivity contribution in [2.24, 2.45) is 17.8 Å². The molecule has 0 aromatic rings. The van der Waals surface area contributed by atoms with Gasteiger partial charge in [-0.2, -0.15) is 7.05 Å². The van der Waals surface area contributed by atoms with Gasteiger partial charge in [-0.1, -0.05) is 0 Å². The maximum absolute atomic E-state index is 11.4. The highest BCUT2D eigenvalue weighted by atomic mass is 35.5. The molecule has 5 nitrogen and oxygen atoms in total. The highest BCUT2D eigenvalue weighted by Gasteiger charge is 2.58. The second-order valence-corrected chi connectivity index (χ2v) is 11.2. The number of carbonyl (C=O) groups is 1. The van der Waals surface area contributed by atoms with Crippen LogP contribution in [-0.2, 0) is 9.53 Å². The number of fused-ring (bicyclic) bond motifs is 1. The van der Waals surface area contributed by atoms with E-state index in [2.05, 4.69) is 33.0 Å². The van der Waals surface area contributed by atoms with Gasteiger partial charge in [0.1, 0.15) is 0 Å². The third kappa shape index (κ3) is 3.61. The van der Waals surface area contributed by atoms with Crippen LogP contribution in [0.3, 0.4) is 0 Å². The monoisotopic (exact) mass is 413 g/mol. The fraction of sp³-hybridized carbons (Fsp3) is 0.955. The number of hydrogen-bond acceptors (Lipinski definition) is 3. The standard InChI is InChI=1S/C22H38ClN2O3/c1-19(2)16(23)9-12-22(5,28-19)15-7-10-20(3,25-13-26)14-8-11-21(4,27)18(24-6)17(14)15/h13-18,27H,7-12H2,1-6H3,(H,25,26)/q-1. The van der Waals surface area contributed by atoms with Crippen molar-refractivity contribution in [2.45, 2.75) is 107 Å². The lowest BCUT2D eigenvalue weighted by Gasteiger charge is -2.65. The Morgan fingerprint density at radius 2 is 1.71 bits per heavy atom. The summed E-state index contributed by atoms with van der Waals surface area (Å²) in [6, 6.07) is -0.165. The van der Waals surface area contributed by atoms with E-state index < -0.39 is 5.60 Å². The molecule has 1 saturated heterocycles. The Kier molecular flexibility index (Phi) is 5.90. The van der Waals surface area contributed by atoms with Crippen LogP contribution in [0.15, 0.2) is 0 Å². The van der Waals surface area contributed by atoms with Crippen LogP contribution >= 0.6 is 11.6 Å². The van der Waals surface area contributed by atoms with Crippen LogP contribution < -0.4 is 5.32 Å². The zero-order valence-corrected chi connectivity index (χ0v) is 19.1. The van der Waals surface area contributed by atoms with E-state index in [1.165, 1.54) is 0 Å². The van der Waals surface area contributed by atoms with Gasteiger partial charge in [-0.05, 0) is 90.9 Å². The van der Waals surface area contributed by atoms with Gasteiger partial charge < -0.3 is 20.5 Å². The second-order valence-electron chi connectivity index (χ2n) is 10.6. The zero-order chi connectivity index (χ0) is 21.0. The number of likely N-dealkylation sites (N-methyl/N-ethyl adjacent to an activating group) is 1. The maximum Gasteiger partial charge on any atom is 0.207 e. The van der Waals surface area contributed by atoms with E-state index in [0.29, 0.717) is 6.42 Å². The molecule has 2 saturated carbocycles. The highest BCUT2D eigenvalue weighted by Crippen LogP contribution is 2.58. The van der Waals surface area contributed by atoms with Crippen molar-refractivity contribution in [3.05, 3.63) is 5.32 Å². The minimum absolute atomic E-state index is 0.00285. The van der Waals surface area contributed by atoms with Crippen molar-refractivity contribution >= 4 is 18.0 Å². The molecule has 3 aliphatic rings. The molecule has 8 unspecified atom stereocenters. The molecule has 162 valence electrons. The molecule has 28 heavy (non-hydrogen) atoms. The molecule has 0 aromatic carbocycles. The molecular weight excluding hydrogens is 376 g/mol. The molecule has 8 atom stereocenters. The molecule has 2 N–H and O–H groups in total. The molecule has 0 radical (unpaired) electrons. The summed E-state index contributed by atoms with van der Waals surface area (Å²) < 4.78 is 6.71. The summed E-state index contributed by atoms with van der Waals surface area (Å²) in [4.78, 5) is 11.4. The van der Waals surface area contributed by atoms with Crippen LogP contribution in [0.2, 0.25) is 0 Å². The fourth-order valence-corrected chi connectivity index (χ4v) is 6.87. The van der Waals surface area contributed by atoms with Crippen LogP contribution in [0.1, 0.15) is 73.1 Å². The third-order valence-corrected chi connectivity index (χ3v) is 9.03. The van der Waals surface area contributed by atoms with Crippen molar-refractivity contribution in [2.75, 3.05) is 7.05 Å². The first-order valence-electron chi connectivity index (χ1n) is 10.8. The van der Waals surface area contributed by atoms with Crippen molar-refractivity contribution in [1.29, 1.82) is 0 Å². The van der Waals surface area contributed by atoms with Crippen molar-refractivity contribution in [1.82, 2.24) is 5.32 Å². The van der Waals surface area contributed by atoms with Crippen LogP contribution in [0.25, 0.3) is 5.32 Å².